The predicted molar refractivity (Wildman–Crippen MR) is 125 cm³/mol. The highest BCUT2D eigenvalue weighted by Crippen LogP contribution is 2.42. The molecule has 1 aliphatic carbocycles. The summed E-state index contributed by atoms with van der Waals surface area (Å²) in [5.74, 6) is 0.413. The van der Waals surface area contributed by atoms with Crippen molar-refractivity contribution in [3.63, 3.8) is 0 Å². The maximum absolute atomic E-state index is 12.6. The Balaban J connectivity index is 1.68. The molecule has 2 aromatic carbocycles. The second kappa shape index (κ2) is 10.3. The third kappa shape index (κ3) is 5.70. The molecule has 2 aromatic rings. The molecule has 1 saturated carbocycles. The Bertz CT molecular complexity index is 1120. The van der Waals surface area contributed by atoms with Crippen molar-refractivity contribution in [2.45, 2.75) is 45.3 Å². The lowest BCUT2D eigenvalue weighted by atomic mass is 9.85. The monoisotopic (exact) mass is 464 g/mol. The van der Waals surface area contributed by atoms with E-state index in [0.717, 1.165) is 29.7 Å². The molecule has 1 fully saturated rings. The molecule has 8 heteroatoms. The van der Waals surface area contributed by atoms with E-state index < -0.39 is 18.2 Å². The minimum atomic E-state index is -1.38. The number of alkyl carbamates (subject to hydrolysis) is 1. The van der Waals surface area contributed by atoms with E-state index in [0.29, 0.717) is 29.4 Å². The van der Waals surface area contributed by atoms with Crippen molar-refractivity contribution < 1.29 is 28.9 Å². The summed E-state index contributed by atoms with van der Waals surface area (Å²) >= 11 is 0. The highest BCUT2D eigenvalue weighted by Gasteiger charge is 2.35. The number of carboxylic acid groups (broad SMARTS) is 1. The summed E-state index contributed by atoms with van der Waals surface area (Å²) in [5.41, 5.74) is 3.78. The summed E-state index contributed by atoms with van der Waals surface area (Å²) < 4.78 is 16.9. The molecule has 0 radical (unpaired) electrons. The molecule has 2 aliphatic rings. The standard InChI is InChI=1S/C26H28N2O6/c1-16-21(15-33-26(30)31)23(24(17(2)27-16)34-25(29)28-19-12-13-19)20-10-6-7-11-22(20)32-14-18-8-4-3-5-9-18/h3-11,19,23,27H,12-15H2,1-2H3,(H,28,29)(H,30,31). The van der Waals surface area contributed by atoms with Gasteiger partial charge in [-0.25, -0.2) is 9.59 Å². The second-order valence-electron chi connectivity index (χ2n) is 8.37. The maximum atomic E-state index is 12.6. The van der Waals surface area contributed by atoms with Crippen molar-refractivity contribution in [2.75, 3.05) is 6.61 Å². The summed E-state index contributed by atoms with van der Waals surface area (Å²) in [6.07, 6.45) is -0.0547. The van der Waals surface area contributed by atoms with Gasteiger partial charge in [-0.2, -0.15) is 0 Å². The molecule has 1 atom stereocenters. The first-order valence-electron chi connectivity index (χ1n) is 11.2. The van der Waals surface area contributed by atoms with Crippen LogP contribution in [-0.4, -0.2) is 30.0 Å². The van der Waals surface area contributed by atoms with Gasteiger partial charge < -0.3 is 30.0 Å². The van der Waals surface area contributed by atoms with Crippen molar-refractivity contribution in [1.29, 1.82) is 0 Å². The van der Waals surface area contributed by atoms with Gasteiger partial charge in [0.1, 0.15) is 24.7 Å². The number of benzene rings is 2. The van der Waals surface area contributed by atoms with E-state index in [1.54, 1.807) is 0 Å². The number of amides is 1. The number of dihydropyridines is 1. The average molecular weight is 465 g/mol. The molecule has 3 N–H and O–H groups in total. The minimum Gasteiger partial charge on any atom is -0.489 e. The fraction of sp³-hybridized carbons (Fsp3) is 0.308. The number of carbonyl (C=O) groups is 2. The molecule has 0 spiro atoms. The van der Waals surface area contributed by atoms with Crippen molar-refractivity contribution in [2.24, 2.45) is 0 Å². The fourth-order valence-electron chi connectivity index (χ4n) is 3.92. The molecule has 0 saturated heterocycles. The quantitative estimate of drug-likeness (QED) is 0.470. The molecule has 178 valence electrons. The lowest BCUT2D eigenvalue weighted by molar-refractivity contribution is 0.0971. The molecule has 4 rings (SSSR count). The van der Waals surface area contributed by atoms with Gasteiger partial charge in [0, 0.05) is 22.9 Å². The topological polar surface area (TPSA) is 106 Å². The van der Waals surface area contributed by atoms with Crippen LogP contribution in [-0.2, 0) is 16.1 Å². The summed E-state index contributed by atoms with van der Waals surface area (Å²) in [6.45, 7) is 3.83. The van der Waals surface area contributed by atoms with Crippen LogP contribution in [0.2, 0.25) is 0 Å². The van der Waals surface area contributed by atoms with Gasteiger partial charge in [-0.1, -0.05) is 48.5 Å². The average Bonchev–Trinajstić information content (AvgIpc) is 3.63. The fourth-order valence-corrected chi connectivity index (χ4v) is 3.92. The number of nitrogens with one attached hydrogen (secondary N) is 2. The minimum absolute atomic E-state index is 0.136. The van der Waals surface area contributed by atoms with E-state index >= 15 is 0 Å². The van der Waals surface area contributed by atoms with Crippen LogP contribution in [0.4, 0.5) is 9.59 Å². The van der Waals surface area contributed by atoms with E-state index in [4.69, 9.17) is 19.3 Å². The summed E-state index contributed by atoms with van der Waals surface area (Å²) in [7, 11) is 0. The summed E-state index contributed by atoms with van der Waals surface area (Å²) in [5, 5.41) is 15.2. The van der Waals surface area contributed by atoms with E-state index in [1.165, 1.54) is 0 Å². The van der Waals surface area contributed by atoms with Crippen LogP contribution in [0.3, 0.4) is 0 Å². The number of hydrogen-bond acceptors (Lipinski definition) is 6. The summed E-state index contributed by atoms with van der Waals surface area (Å²) in [4.78, 5) is 23.7. The Hall–Kier alpha value is -3.94. The number of ether oxygens (including phenoxy) is 3. The molecule has 1 unspecified atom stereocenters. The smallest absolute Gasteiger partial charge is 0.489 e. The van der Waals surface area contributed by atoms with Crippen LogP contribution in [0.15, 0.2) is 77.3 Å². The molecule has 8 nitrogen and oxygen atoms in total. The number of rotatable bonds is 8. The Labute approximate surface area is 198 Å². The second-order valence-corrected chi connectivity index (χ2v) is 8.37. The molecular formula is C26H28N2O6. The molecule has 34 heavy (non-hydrogen) atoms. The van der Waals surface area contributed by atoms with Crippen LogP contribution in [0, 0.1) is 0 Å². The largest absolute Gasteiger partial charge is 0.506 e. The first-order valence-corrected chi connectivity index (χ1v) is 11.2. The molecule has 0 aromatic heterocycles. The third-order valence-corrected chi connectivity index (χ3v) is 5.76. The number of hydrogen-bond donors (Lipinski definition) is 3. The lowest BCUT2D eigenvalue weighted by Crippen LogP contribution is -2.32. The number of allylic oxidation sites excluding steroid dienone is 3. The van der Waals surface area contributed by atoms with Crippen molar-refractivity contribution in [3.05, 3.63) is 88.5 Å². The SMILES string of the molecule is CC1=C(COC(=O)O)C(c2ccccc2OCc2ccccc2)C(OC(=O)NC2CC2)=C(C)N1. The van der Waals surface area contributed by atoms with E-state index in [1.807, 2.05) is 68.4 Å². The zero-order chi connectivity index (χ0) is 24.1. The molecule has 1 amide bonds. The number of para-hydroxylation sites is 1. The first-order chi connectivity index (χ1) is 16.4. The highest BCUT2D eigenvalue weighted by atomic mass is 16.7. The maximum Gasteiger partial charge on any atom is 0.506 e. The number of carbonyl (C=O) groups excluding carboxylic acids is 1. The Kier molecular flexibility index (Phi) is 7.06. The van der Waals surface area contributed by atoms with Gasteiger partial charge in [-0.05, 0) is 38.3 Å². The zero-order valence-electron chi connectivity index (χ0n) is 19.2. The van der Waals surface area contributed by atoms with Crippen LogP contribution in [0.25, 0.3) is 0 Å². The van der Waals surface area contributed by atoms with Gasteiger partial charge in [0.25, 0.3) is 0 Å². The van der Waals surface area contributed by atoms with Crippen LogP contribution in [0.5, 0.6) is 5.75 Å². The predicted octanol–water partition coefficient (Wildman–Crippen LogP) is 5.04. The first kappa shape index (κ1) is 23.2. The van der Waals surface area contributed by atoms with Gasteiger partial charge in [0.15, 0.2) is 0 Å². The normalized spacial score (nSPS) is 17.6. The Morgan fingerprint density at radius 1 is 1.00 bits per heavy atom. The lowest BCUT2D eigenvalue weighted by Gasteiger charge is -2.32. The van der Waals surface area contributed by atoms with Gasteiger partial charge in [0.2, 0.25) is 0 Å². The van der Waals surface area contributed by atoms with E-state index in [2.05, 4.69) is 10.6 Å². The molecule has 1 aliphatic heterocycles. The zero-order valence-corrected chi connectivity index (χ0v) is 19.2. The van der Waals surface area contributed by atoms with Crippen LogP contribution >= 0.6 is 0 Å². The van der Waals surface area contributed by atoms with Crippen LogP contribution in [0.1, 0.15) is 43.7 Å². The van der Waals surface area contributed by atoms with Crippen molar-refractivity contribution in [1.82, 2.24) is 10.6 Å². The van der Waals surface area contributed by atoms with Crippen molar-refractivity contribution in [3.8, 4) is 5.75 Å². The van der Waals surface area contributed by atoms with Gasteiger partial charge in [-0.3, -0.25) is 0 Å². The third-order valence-electron chi connectivity index (χ3n) is 5.76. The van der Waals surface area contributed by atoms with Crippen LogP contribution < -0.4 is 15.4 Å². The van der Waals surface area contributed by atoms with Crippen molar-refractivity contribution >= 4 is 12.2 Å². The van der Waals surface area contributed by atoms with Gasteiger partial charge in [-0.15, -0.1) is 0 Å². The Morgan fingerprint density at radius 3 is 2.41 bits per heavy atom. The summed E-state index contributed by atoms with van der Waals surface area (Å²) in [6, 6.07) is 17.4. The van der Waals surface area contributed by atoms with E-state index in [9.17, 15) is 9.59 Å². The Morgan fingerprint density at radius 2 is 1.71 bits per heavy atom. The molecular weight excluding hydrogens is 436 g/mol. The highest BCUT2D eigenvalue weighted by molar-refractivity contribution is 5.70. The van der Waals surface area contributed by atoms with E-state index in [-0.39, 0.29) is 12.6 Å². The van der Waals surface area contributed by atoms with Gasteiger partial charge in [0.05, 0.1) is 11.6 Å². The molecule has 0 bridgehead atoms. The molecule has 1 heterocycles. The van der Waals surface area contributed by atoms with Gasteiger partial charge >= 0.3 is 12.2 Å².